The van der Waals surface area contributed by atoms with Gasteiger partial charge in [0, 0.05) is 12.1 Å². The second kappa shape index (κ2) is 8.10. The number of anilines is 1. The van der Waals surface area contributed by atoms with Gasteiger partial charge in [-0.05, 0) is 30.7 Å². The average molecular weight is 282 g/mol. The molecule has 0 bridgehead atoms. The molecule has 1 amide bonds. The Balaban J connectivity index is 2.07. The Kier molecular flexibility index (Phi) is 5.83. The summed E-state index contributed by atoms with van der Waals surface area (Å²) in [4.78, 5) is 12.3. The molecule has 0 fully saturated rings. The molecule has 0 aliphatic rings. The van der Waals surface area contributed by atoms with E-state index in [1.54, 1.807) is 0 Å². The zero-order chi connectivity index (χ0) is 14.9. The first-order chi connectivity index (χ1) is 10.3. The van der Waals surface area contributed by atoms with Gasteiger partial charge in [0.1, 0.15) is 0 Å². The molecule has 110 valence electrons. The molecule has 0 aromatic heterocycles. The molecule has 0 heterocycles. The predicted octanol–water partition coefficient (Wildman–Crippen LogP) is 4.03. The van der Waals surface area contributed by atoms with Gasteiger partial charge in [-0.25, -0.2) is 0 Å². The molecule has 2 aromatic carbocycles. The van der Waals surface area contributed by atoms with E-state index in [0.717, 1.165) is 31.5 Å². The first kappa shape index (κ1) is 15.1. The predicted molar refractivity (Wildman–Crippen MR) is 87.2 cm³/mol. The summed E-state index contributed by atoms with van der Waals surface area (Å²) < 4.78 is 0. The highest BCUT2D eigenvalue weighted by Gasteiger charge is 2.11. The second-order valence-electron chi connectivity index (χ2n) is 5.00. The quantitative estimate of drug-likeness (QED) is 0.614. The molecule has 3 heteroatoms. The smallest absolute Gasteiger partial charge is 0.269 e. The van der Waals surface area contributed by atoms with Crippen molar-refractivity contribution in [3.05, 3.63) is 66.2 Å². The first-order valence-corrected chi connectivity index (χ1v) is 7.50. The van der Waals surface area contributed by atoms with Crippen molar-refractivity contribution < 1.29 is 4.79 Å². The van der Waals surface area contributed by atoms with Gasteiger partial charge in [0.25, 0.3) is 5.91 Å². The van der Waals surface area contributed by atoms with Gasteiger partial charge in [-0.3, -0.25) is 15.2 Å². The Hall–Kier alpha value is -2.29. The maximum atomic E-state index is 12.3. The molecule has 0 spiro atoms. The summed E-state index contributed by atoms with van der Waals surface area (Å²) in [5, 5.41) is 1.94. The van der Waals surface area contributed by atoms with Crippen LogP contribution in [-0.2, 0) is 0 Å². The fourth-order valence-corrected chi connectivity index (χ4v) is 2.15. The van der Waals surface area contributed by atoms with Crippen LogP contribution >= 0.6 is 0 Å². The fourth-order valence-electron chi connectivity index (χ4n) is 2.15. The van der Waals surface area contributed by atoms with Crippen molar-refractivity contribution in [1.29, 1.82) is 0 Å². The zero-order valence-corrected chi connectivity index (χ0v) is 12.5. The Morgan fingerprint density at radius 3 is 2.19 bits per heavy atom. The van der Waals surface area contributed by atoms with Crippen LogP contribution in [0.25, 0.3) is 0 Å². The van der Waals surface area contributed by atoms with Gasteiger partial charge in [0.15, 0.2) is 0 Å². The topological polar surface area (TPSA) is 32.3 Å². The van der Waals surface area contributed by atoms with Gasteiger partial charge in [-0.1, -0.05) is 56.2 Å². The number of hydrogen-bond donors (Lipinski definition) is 1. The lowest BCUT2D eigenvalue weighted by Crippen LogP contribution is -2.43. The zero-order valence-electron chi connectivity index (χ0n) is 12.5. The number of benzene rings is 2. The van der Waals surface area contributed by atoms with E-state index >= 15 is 0 Å². The molecule has 0 saturated carbocycles. The van der Waals surface area contributed by atoms with Crippen molar-refractivity contribution in [3.63, 3.8) is 0 Å². The fraction of sp³-hybridized carbons (Fsp3) is 0.278. The van der Waals surface area contributed by atoms with Gasteiger partial charge < -0.3 is 0 Å². The van der Waals surface area contributed by atoms with Crippen LogP contribution in [0.1, 0.15) is 36.5 Å². The van der Waals surface area contributed by atoms with Crippen LogP contribution in [-0.4, -0.2) is 12.5 Å². The third kappa shape index (κ3) is 4.63. The van der Waals surface area contributed by atoms with Gasteiger partial charge in [-0.2, -0.15) is 0 Å². The average Bonchev–Trinajstić information content (AvgIpc) is 2.55. The highest BCUT2D eigenvalue weighted by molar-refractivity contribution is 5.95. The van der Waals surface area contributed by atoms with E-state index < -0.39 is 0 Å². The summed E-state index contributed by atoms with van der Waals surface area (Å²) in [5.74, 6) is -0.0732. The number of nitrogens with zero attached hydrogens (tertiary/aromatic N) is 1. The third-order valence-corrected chi connectivity index (χ3v) is 3.33. The first-order valence-electron chi connectivity index (χ1n) is 7.50. The molecule has 0 unspecified atom stereocenters. The molecular formula is C18H22N2O. The largest absolute Gasteiger partial charge is 0.285 e. The van der Waals surface area contributed by atoms with Crippen molar-refractivity contribution >= 4 is 11.6 Å². The lowest BCUT2D eigenvalue weighted by molar-refractivity contribution is 0.0948. The minimum Gasteiger partial charge on any atom is -0.285 e. The number of carbonyl (C=O) groups excluding carboxylic acids is 1. The summed E-state index contributed by atoms with van der Waals surface area (Å²) in [6.07, 6.45) is 3.38. The van der Waals surface area contributed by atoms with E-state index in [-0.39, 0.29) is 5.91 Å². The number of carbonyl (C=O) groups is 1. The van der Waals surface area contributed by atoms with Crippen LogP contribution in [0.15, 0.2) is 60.7 Å². The molecule has 0 aliphatic carbocycles. The maximum Gasteiger partial charge on any atom is 0.269 e. The van der Waals surface area contributed by atoms with Crippen LogP contribution in [0.5, 0.6) is 0 Å². The summed E-state index contributed by atoms with van der Waals surface area (Å²) in [5.41, 5.74) is 4.69. The van der Waals surface area contributed by atoms with Crippen molar-refractivity contribution in [3.8, 4) is 0 Å². The number of hydrazine groups is 1. The molecule has 3 nitrogen and oxygen atoms in total. The number of amides is 1. The molecule has 2 aromatic rings. The standard InChI is InChI=1S/C18H22N2O/c1-2-3-10-15-20(17-13-8-5-9-14-17)19-18(21)16-11-6-4-7-12-16/h4-9,11-14H,2-3,10,15H2,1H3,(H,19,21). The molecule has 0 radical (unpaired) electrons. The van der Waals surface area contributed by atoms with Crippen LogP contribution < -0.4 is 10.4 Å². The summed E-state index contributed by atoms with van der Waals surface area (Å²) in [7, 11) is 0. The highest BCUT2D eigenvalue weighted by atomic mass is 16.2. The Labute approximate surface area is 126 Å². The van der Waals surface area contributed by atoms with E-state index in [0.29, 0.717) is 5.56 Å². The van der Waals surface area contributed by atoms with E-state index in [2.05, 4.69) is 12.3 Å². The lowest BCUT2D eigenvalue weighted by atomic mass is 10.2. The van der Waals surface area contributed by atoms with E-state index in [1.165, 1.54) is 0 Å². The van der Waals surface area contributed by atoms with Crippen molar-refractivity contribution in [2.24, 2.45) is 0 Å². The lowest BCUT2D eigenvalue weighted by Gasteiger charge is -2.25. The maximum absolute atomic E-state index is 12.3. The van der Waals surface area contributed by atoms with E-state index in [1.807, 2.05) is 65.7 Å². The molecule has 2 rings (SSSR count). The number of nitrogens with one attached hydrogen (secondary N) is 1. The van der Waals surface area contributed by atoms with Gasteiger partial charge >= 0.3 is 0 Å². The third-order valence-electron chi connectivity index (χ3n) is 3.33. The van der Waals surface area contributed by atoms with Crippen LogP contribution in [0, 0.1) is 0 Å². The van der Waals surface area contributed by atoms with E-state index in [4.69, 9.17) is 0 Å². The summed E-state index contributed by atoms with van der Waals surface area (Å²) in [6.45, 7) is 2.99. The Morgan fingerprint density at radius 2 is 1.57 bits per heavy atom. The van der Waals surface area contributed by atoms with Crippen LogP contribution in [0.3, 0.4) is 0 Å². The van der Waals surface area contributed by atoms with Gasteiger partial charge in [0.2, 0.25) is 0 Å². The highest BCUT2D eigenvalue weighted by Crippen LogP contribution is 2.13. The summed E-state index contributed by atoms with van der Waals surface area (Å²) in [6, 6.07) is 19.3. The van der Waals surface area contributed by atoms with Gasteiger partial charge in [-0.15, -0.1) is 0 Å². The number of rotatable bonds is 7. The molecule has 0 aliphatic heterocycles. The van der Waals surface area contributed by atoms with Crippen molar-refractivity contribution in [2.45, 2.75) is 26.2 Å². The second-order valence-corrected chi connectivity index (χ2v) is 5.00. The van der Waals surface area contributed by atoms with E-state index in [9.17, 15) is 4.79 Å². The van der Waals surface area contributed by atoms with Crippen LogP contribution in [0.2, 0.25) is 0 Å². The number of hydrogen-bond acceptors (Lipinski definition) is 2. The summed E-state index contributed by atoms with van der Waals surface area (Å²) >= 11 is 0. The Morgan fingerprint density at radius 1 is 0.952 bits per heavy atom. The molecule has 0 saturated heterocycles. The van der Waals surface area contributed by atoms with Crippen molar-refractivity contribution in [2.75, 3.05) is 11.6 Å². The number of unbranched alkanes of at least 4 members (excludes halogenated alkanes) is 2. The minimum absolute atomic E-state index is 0.0732. The SMILES string of the molecule is CCCCCN(NC(=O)c1ccccc1)c1ccccc1. The van der Waals surface area contributed by atoms with Gasteiger partial charge in [0.05, 0.1) is 5.69 Å². The molecule has 1 N–H and O–H groups in total. The molecular weight excluding hydrogens is 260 g/mol. The van der Waals surface area contributed by atoms with Crippen LogP contribution in [0.4, 0.5) is 5.69 Å². The normalized spacial score (nSPS) is 10.1. The number of para-hydroxylation sites is 1. The minimum atomic E-state index is -0.0732. The van der Waals surface area contributed by atoms with Crippen molar-refractivity contribution in [1.82, 2.24) is 5.43 Å². The molecule has 21 heavy (non-hydrogen) atoms. The monoisotopic (exact) mass is 282 g/mol. The molecule has 0 atom stereocenters. The Bertz CT molecular complexity index is 540.